The Bertz CT molecular complexity index is 747. The zero-order chi connectivity index (χ0) is 17.4. The fourth-order valence-corrected chi connectivity index (χ4v) is 3.33. The molecule has 1 amide bonds. The first-order valence-electron chi connectivity index (χ1n) is 9.00. The average molecular weight is 344 g/mol. The summed E-state index contributed by atoms with van der Waals surface area (Å²) in [6.07, 6.45) is 8.43. The highest BCUT2D eigenvalue weighted by molar-refractivity contribution is 5.93. The van der Waals surface area contributed by atoms with Crippen LogP contribution in [0.4, 0.5) is 0 Å². The van der Waals surface area contributed by atoms with Crippen LogP contribution in [-0.4, -0.2) is 33.3 Å². The molecule has 1 saturated carbocycles. The van der Waals surface area contributed by atoms with Crippen LogP contribution in [0, 0.1) is 5.92 Å². The standard InChI is InChI=1S/C18H24N4O3/c1-11(2)16-15(19-10-25-16)18(23)21-14-5-6-24-17(14)13-7-20-22(9-13)8-12-3-4-12/h7,9-12,14,17H,3-6,8H2,1-2H3,(H,21,23)/t14-,17+/m0/s1. The van der Waals surface area contributed by atoms with Crippen molar-refractivity contribution in [2.45, 2.75) is 57.7 Å². The molecule has 134 valence electrons. The lowest BCUT2D eigenvalue weighted by Gasteiger charge is -2.18. The van der Waals surface area contributed by atoms with Gasteiger partial charge in [-0.25, -0.2) is 4.98 Å². The third-order valence-corrected chi connectivity index (χ3v) is 4.87. The summed E-state index contributed by atoms with van der Waals surface area (Å²) in [4.78, 5) is 16.7. The van der Waals surface area contributed by atoms with Gasteiger partial charge in [-0.1, -0.05) is 13.8 Å². The SMILES string of the molecule is CC(C)c1ocnc1C(=O)N[C@H]1CCO[C@@H]1c1cnn(CC2CC2)c1. The molecule has 25 heavy (non-hydrogen) atoms. The quantitative estimate of drug-likeness (QED) is 0.871. The fourth-order valence-electron chi connectivity index (χ4n) is 3.33. The Morgan fingerprint density at radius 1 is 1.40 bits per heavy atom. The zero-order valence-corrected chi connectivity index (χ0v) is 14.6. The first kappa shape index (κ1) is 16.3. The molecule has 4 rings (SSSR count). The molecule has 7 nitrogen and oxygen atoms in total. The first-order valence-corrected chi connectivity index (χ1v) is 9.00. The number of ether oxygens (including phenoxy) is 1. The van der Waals surface area contributed by atoms with Gasteiger partial charge in [0.1, 0.15) is 11.9 Å². The van der Waals surface area contributed by atoms with E-state index in [9.17, 15) is 4.79 Å². The number of rotatable bonds is 6. The topological polar surface area (TPSA) is 82.2 Å². The van der Waals surface area contributed by atoms with Gasteiger partial charge >= 0.3 is 0 Å². The lowest BCUT2D eigenvalue weighted by Crippen LogP contribution is -2.37. The van der Waals surface area contributed by atoms with E-state index in [1.54, 1.807) is 0 Å². The molecule has 0 unspecified atom stereocenters. The van der Waals surface area contributed by atoms with Crippen molar-refractivity contribution in [2.24, 2.45) is 5.92 Å². The van der Waals surface area contributed by atoms with Crippen LogP contribution in [-0.2, 0) is 11.3 Å². The fraction of sp³-hybridized carbons (Fsp3) is 0.611. The van der Waals surface area contributed by atoms with E-state index in [2.05, 4.69) is 15.4 Å². The van der Waals surface area contributed by atoms with Gasteiger partial charge in [-0.05, 0) is 25.2 Å². The van der Waals surface area contributed by atoms with E-state index in [1.165, 1.54) is 19.2 Å². The van der Waals surface area contributed by atoms with Gasteiger partial charge in [-0.15, -0.1) is 0 Å². The summed E-state index contributed by atoms with van der Waals surface area (Å²) >= 11 is 0. The molecule has 1 aliphatic heterocycles. The molecule has 1 saturated heterocycles. The summed E-state index contributed by atoms with van der Waals surface area (Å²) in [5.41, 5.74) is 1.39. The van der Waals surface area contributed by atoms with Gasteiger partial charge in [0.25, 0.3) is 5.91 Å². The Morgan fingerprint density at radius 3 is 3.00 bits per heavy atom. The number of aromatic nitrogens is 3. The monoisotopic (exact) mass is 344 g/mol. The maximum Gasteiger partial charge on any atom is 0.273 e. The molecule has 0 spiro atoms. The van der Waals surface area contributed by atoms with Crippen LogP contribution in [0.3, 0.4) is 0 Å². The van der Waals surface area contributed by atoms with Crippen molar-refractivity contribution in [1.82, 2.24) is 20.1 Å². The summed E-state index contributed by atoms with van der Waals surface area (Å²) in [7, 11) is 0. The Hall–Kier alpha value is -2.15. The van der Waals surface area contributed by atoms with Crippen LogP contribution in [0.5, 0.6) is 0 Å². The number of oxazole rings is 1. The smallest absolute Gasteiger partial charge is 0.273 e. The Morgan fingerprint density at radius 2 is 2.24 bits per heavy atom. The van der Waals surface area contributed by atoms with Crippen LogP contribution in [0.15, 0.2) is 23.2 Å². The van der Waals surface area contributed by atoms with Crippen molar-refractivity contribution in [3.63, 3.8) is 0 Å². The number of nitrogens with zero attached hydrogens (tertiary/aromatic N) is 3. The summed E-state index contributed by atoms with van der Waals surface area (Å²) < 4.78 is 13.2. The molecule has 2 aromatic heterocycles. The predicted molar refractivity (Wildman–Crippen MR) is 90.1 cm³/mol. The average Bonchev–Trinajstić information content (AvgIpc) is 2.99. The molecule has 7 heteroatoms. The van der Waals surface area contributed by atoms with Gasteiger partial charge in [-0.2, -0.15) is 5.10 Å². The second-order valence-electron chi connectivity index (χ2n) is 7.32. The van der Waals surface area contributed by atoms with E-state index in [4.69, 9.17) is 9.15 Å². The normalized spacial score (nSPS) is 23.3. The van der Waals surface area contributed by atoms with E-state index in [0.717, 1.165) is 24.4 Å². The molecule has 0 bridgehead atoms. The molecule has 1 N–H and O–H groups in total. The number of hydrogen-bond acceptors (Lipinski definition) is 5. The summed E-state index contributed by atoms with van der Waals surface area (Å²) in [5, 5.41) is 7.50. The largest absolute Gasteiger partial charge is 0.447 e. The molecular weight excluding hydrogens is 320 g/mol. The molecule has 1 aliphatic carbocycles. The molecule has 2 fully saturated rings. The van der Waals surface area contributed by atoms with E-state index < -0.39 is 0 Å². The number of carbonyl (C=O) groups is 1. The number of nitrogens with one attached hydrogen (secondary N) is 1. The van der Waals surface area contributed by atoms with E-state index in [-0.39, 0.29) is 24.0 Å². The second-order valence-corrected chi connectivity index (χ2v) is 7.32. The van der Waals surface area contributed by atoms with Crippen molar-refractivity contribution < 1.29 is 13.9 Å². The summed E-state index contributed by atoms with van der Waals surface area (Å²) in [6, 6.07) is -0.0808. The van der Waals surface area contributed by atoms with Gasteiger partial charge in [0.05, 0.1) is 12.2 Å². The van der Waals surface area contributed by atoms with E-state index >= 15 is 0 Å². The lowest BCUT2D eigenvalue weighted by molar-refractivity contribution is 0.0816. The van der Waals surface area contributed by atoms with Crippen LogP contribution >= 0.6 is 0 Å². The Labute approximate surface area is 146 Å². The van der Waals surface area contributed by atoms with Gasteiger partial charge in [0.15, 0.2) is 12.1 Å². The molecule has 2 aromatic rings. The van der Waals surface area contributed by atoms with Crippen molar-refractivity contribution in [2.75, 3.05) is 6.61 Å². The van der Waals surface area contributed by atoms with Crippen LogP contribution < -0.4 is 5.32 Å². The molecule has 0 aromatic carbocycles. The Kier molecular flexibility index (Phi) is 4.33. The predicted octanol–water partition coefficient (Wildman–Crippen LogP) is 2.66. The molecular formula is C18H24N4O3. The van der Waals surface area contributed by atoms with Crippen molar-refractivity contribution in [3.8, 4) is 0 Å². The highest BCUT2D eigenvalue weighted by atomic mass is 16.5. The van der Waals surface area contributed by atoms with Crippen molar-refractivity contribution in [3.05, 3.63) is 35.8 Å². The van der Waals surface area contributed by atoms with E-state index in [1.807, 2.05) is 30.9 Å². The Balaban J connectivity index is 1.45. The maximum absolute atomic E-state index is 12.6. The van der Waals surface area contributed by atoms with E-state index in [0.29, 0.717) is 18.1 Å². The van der Waals surface area contributed by atoms with Crippen LogP contribution in [0.2, 0.25) is 0 Å². The minimum atomic E-state index is -0.205. The maximum atomic E-state index is 12.6. The number of carbonyl (C=O) groups excluding carboxylic acids is 1. The van der Waals surface area contributed by atoms with Crippen molar-refractivity contribution >= 4 is 5.91 Å². The van der Waals surface area contributed by atoms with Crippen molar-refractivity contribution in [1.29, 1.82) is 0 Å². The number of hydrogen-bond donors (Lipinski definition) is 1. The molecule has 2 atom stereocenters. The summed E-state index contributed by atoms with van der Waals surface area (Å²) in [5.74, 6) is 1.29. The third-order valence-electron chi connectivity index (χ3n) is 4.87. The minimum Gasteiger partial charge on any atom is -0.447 e. The third kappa shape index (κ3) is 3.46. The van der Waals surface area contributed by atoms with Gasteiger partial charge in [0, 0.05) is 30.8 Å². The lowest BCUT2D eigenvalue weighted by atomic mass is 10.0. The second kappa shape index (κ2) is 6.63. The van der Waals surface area contributed by atoms with Gasteiger partial charge < -0.3 is 14.5 Å². The van der Waals surface area contributed by atoms with Crippen LogP contribution in [0.1, 0.15) is 66.9 Å². The van der Waals surface area contributed by atoms with Gasteiger partial charge in [0.2, 0.25) is 0 Å². The molecule has 2 aliphatic rings. The minimum absolute atomic E-state index is 0.0808. The zero-order valence-electron chi connectivity index (χ0n) is 14.6. The number of amides is 1. The molecule has 0 radical (unpaired) electrons. The first-order chi connectivity index (χ1) is 12.1. The van der Waals surface area contributed by atoms with Crippen LogP contribution in [0.25, 0.3) is 0 Å². The van der Waals surface area contributed by atoms with Gasteiger partial charge in [-0.3, -0.25) is 9.48 Å². The summed E-state index contributed by atoms with van der Waals surface area (Å²) in [6.45, 7) is 5.56. The molecule has 3 heterocycles. The highest BCUT2D eigenvalue weighted by Gasteiger charge is 2.33. The highest BCUT2D eigenvalue weighted by Crippen LogP contribution is 2.32.